The van der Waals surface area contributed by atoms with Crippen LogP contribution >= 0.6 is 27.5 Å². The Morgan fingerprint density at radius 3 is 2.86 bits per heavy atom. The number of anilines is 1. The molecule has 0 aliphatic carbocycles. The maximum atomic E-state index is 12.1. The lowest BCUT2D eigenvalue weighted by Gasteiger charge is -2.08. The Kier molecular flexibility index (Phi) is 4.18. The van der Waals surface area contributed by atoms with Crippen LogP contribution in [0.5, 0.6) is 0 Å². The van der Waals surface area contributed by atoms with E-state index in [2.05, 4.69) is 31.2 Å². The molecule has 0 bridgehead atoms. The zero-order valence-electron chi connectivity index (χ0n) is 11.8. The van der Waals surface area contributed by atoms with E-state index in [1.807, 2.05) is 31.2 Å². The van der Waals surface area contributed by atoms with Gasteiger partial charge in [-0.05, 0) is 43.3 Å². The molecule has 0 aliphatic heterocycles. The number of hydrogen-bond acceptors (Lipinski definition) is 3. The van der Waals surface area contributed by atoms with Crippen molar-refractivity contribution in [3.8, 4) is 0 Å². The van der Waals surface area contributed by atoms with Crippen LogP contribution in [0, 0.1) is 6.92 Å². The van der Waals surface area contributed by atoms with Crippen LogP contribution in [0.25, 0.3) is 10.9 Å². The number of rotatable bonds is 3. The number of fused-ring (bicyclic) bond motifs is 1. The van der Waals surface area contributed by atoms with Crippen LogP contribution in [0.4, 0.5) is 5.82 Å². The van der Waals surface area contributed by atoms with Gasteiger partial charge in [0.05, 0.1) is 0 Å². The highest BCUT2D eigenvalue weighted by Crippen LogP contribution is 2.18. The van der Waals surface area contributed by atoms with Crippen molar-refractivity contribution >= 4 is 44.3 Å². The van der Waals surface area contributed by atoms with Gasteiger partial charge in [0, 0.05) is 38.2 Å². The fourth-order valence-corrected chi connectivity index (χ4v) is 2.99. The molecule has 2 heterocycles. The van der Waals surface area contributed by atoms with E-state index in [0.29, 0.717) is 17.1 Å². The van der Waals surface area contributed by atoms with Gasteiger partial charge in [-0.1, -0.05) is 27.5 Å². The van der Waals surface area contributed by atoms with Gasteiger partial charge in [0.1, 0.15) is 5.82 Å². The van der Waals surface area contributed by atoms with Gasteiger partial charge in [0.2, 0.25) is 0 Å². The lowest BCUT2D eigenvalue weighted by Crippen LogP contribution is -2.16. The van der Waals surface area contributed by atoms with Gasteiger partial charge in [-0.3, -0.25) is 4.79 Å². The van der Waals surface area contributed by atoms with Crippen molar-refractivity contribution in [1.82, 2.24) is 9.97 Å². The third-order valence-electron chi connectivity index (χ3n) is 3.26. The Morgan fingerprint density at radius 2 is 2.09 bits per heavy atom. The molecular weight excluding hydrogens is 366 g/mol. The molecule has 0 aliphatic rings. The largest absolute Gasteiger partial charge is 0.366 e. The van der Waals surface area contributed by atoms with E-state index in [1.54, 1.807) is 12.1 Å². The second-order valence-corrected chi connectivity index (χ2v) is 6.37. The SMILES string of the molecule is Cc1cc(Br)cc(NCc2cc3cc(Cl)ccc3[nH]c2=O)n1. The number of aromatic nitrogens is 2. The van der Waals surface area contributed by atoms with Crippen molar-refractivity contribution in [2.24, 2.45) is 0 Å². The quantitative estimate of drug-likeness (QED) is 0.716. The van der Waals surface area contributed by atoms with Gasteiger partial charge in [-0.25, -0.2) is 4.98 Å². The summed E-state index contributed by atoms with van der Waals surface area (Å²) in [4.78, 5) is 19.4. The monoisotopic (exact) mass is 377 g/mol. The molecule has 2 aromatic heterocycles. The highest BCUT2D eigenvalue weighted by molar-refractivity contribution is 9.10. The van der Waals surface area contributed by atoms with Crippen molar-refractivity contribution in [3.63, 3.8) is 0 Å². The van der Waals surface area contributed by atoms with Crippen molar-refractivity contribution in [2.75, 3.05) is 5.32 Å². The standard InChI is InChI=1S/C16H13BrClN3O/c1-9-4-12(17)7-15(20-9)19-8-11-5-10-6-13(18)2-3-14(10)21-16(11)22/h2-7H,8H2,1H3,(H,19,20)(H,21,22). The maximum absolute atomic E-state index is 12.1. The van der Waals surface area contributed by atoms with E-state index in [9.17, 15) is 4.79 Å². The van der Waals surface area contributed by atoms with E-state index in [-0.39, 0.29) is 5.56 Å². The molecular formula is C16H13BrClN3O. The normalized spacial score (nSPS) is 10.9. The molecule has 3 aromatic rings. The zero-order valence-corrected chi connectivity index (χ0v) is 14.1. The minimum Gasteiger partial charge on any atom is -0.366 e. The minimum absolute atomic E-state index is 0.117. The molecule has 0 fully saturated rings. The number of nitrogens with one attached hydrogen (secondary N) is 2. The van der Waals surface area contributed by atoms with Crippen LogP contribution in [-0.4, -0.2) is 9.97 Å². The molecule has 112 valence electrons. The number of aromatic amines is 1. The number of hydrogen-bond donors (Lipinski definition) is 2. The molecule has 0 radical (unpaired) electrons. The van der Waals surface area contributed by atoms with Crippen LogP contribution in [-0.2, 0) is 6.54 Å². The summed E-state index contributed by atoms with van der Waals surface area (Å²) in [5.74, 6) is 0.720. The summed E-state index contributed by atoms with van der Waals surface area (Å²) >= 11 is 9.43. The van der Waals surface area contributed by atoms with Crippen molar-refractivity contribution in [1.29, 1.82) is 0 Å². The van der Waals surface area contributed by atoms with Gasteiger partial charge >= 0.3 is 0 Å². The fourth-order valence-electron chi connectivity index (χ4n) is 2.26. The summed E-state index contributed by atoms with van der Waals surface area (Å²) in [6.07, 6.45) is 0. The number of pyridine rings is 2. The van der Waals surface area contributed by atoms with E-state index >= 15 is 0 Å². The first-order chi connectivity index (χ1) is 10.5. The molecule has 4 nitrogen and oxygen atoms in total. The van der Waals surface area contributed by atoms with Crippen LogP contribution in [0.15, 0.2) is 45.7 Å². The van der Waals surface area contributed by atoms with Gasteiger partial charge in [-0.15, -0.1) is 0 Å². The summed E-state index contributed by atoms with van der Waals surface area (Å²) in [5, 5.41) is 4.71. The second kappa shape index (κ2) is 6.10. The van der Waals surface area contributed by atoms with Crippen LogP contribution in [0.3, 0.4) is 0 Å². The molecule has 1 aromatic carbocycles. The summed E-state index contributed by atoms with van der Waals surface area (Å²) < 4.78 is 0.946. The highest BCUT2D eigenvalue weighted by atomic mass is 79.9. The number of H-pyrrole nitrogens is 1. The topological polar surface area (TPSA) is 57.8 Å². The molecule has 0 saturated carbocycles. The Bertz CT molecular complexity index is 887. The molecule has 3 rings (SSSR count). The van der Waals surface area contributed by atoms with Gasteiger partial charge in [0.15, 0.2) is 0 Å². The molecule has 0 saturated heterocycles. The first-order valence-corrected chi connectivity index (χ1v) is 7.88. The van der Waals surface area contributed by atoms with Gasteiger partial charge in [-0.2, -0.15) is 0 Å². The first-order valence-electron chi connectivity index (χ1n) is 6.71. The lowest BCUT2D eigenvalue weighted by molar-refractivity contribution is 1.05. The average molecular weight is 379 g/mol. The summed E-state index contributed by atoms with van der Waals surface area (Å²) in [5.41, 5.74) is 2.19. The molecule has 0 spiro atoms. The number of benzene rings is 1. The zero-order chi connectivity index (χ0) is 15.7. The van der Waals surface area contributed by atoms with Crippen LogP contribution in [0.1, 0.15) is 11.3 Å². The van der Waals surface area contributed by atoms with Crippen molar-refractivity contribution in [3.05, 3.63) is 67.5 Å². The third-order valence-corrected chi connectivity index (χ3v) is 3.95. The van der Waals surface area contributed by atoms with E-state index in [0.717, 1.165) is 26.9 Å². The van der Waals surface area contributed by atoms with Crippen LogP contribution in [0.2, 0.25) is 5.02 Å². The molecule has 0 unspecified atom stereocenters. The predicted molar refractivity (Wildman–Crippen MR) is 93.6 cm³/mol. The van der Waals surface area contributed by atoms with Gasteiger partial charge in [0.25, 0.3) is 5.56 Å². The Morgan fingerprint density at radius 1 is 1.27 bits per heavy atom. The predicted octanol–water partition coefficient (Wildman–Crippen LogP) is 4.26. The van der Waals surface area contributed by atoms with Crippen molar-refractivity contribution in [2.45, 2.75) is 13.5 Å². The van der Waals surface area contributed by atoms with Crippen molar-refractivity contribution < 1.29 is 0 Å². The average Bonchev–Trinajstić information content (AvgIpc) is 2.44. The van der Waals surface area contributed by atoms with Gasteiger partial charge < -0.3 is 10.3 Å². The fraction of sp³-hybridized carbons (Fsp3) is 0.125. The maximum Gasteiger partial charge on any atom is 0.253 e. The Labute approximate surface area is 140 Å². The minimum atomic E-state index is -0.117. The second-order valence-electron chi connectivity index (χ2n) is 5.02. The van der Waals surface area contributed by atoms with E-state index in [1.165, 1.54) is 0 Å². The first kappa shape index (κ1) is 15.1. The Hall–Kier alpha value is -1.85. The van der Waals surface area contributed by atoms with E-state index in [4.69, 9.17) is 11.6 Å². The summed E-state index contributed by atoms with van der Waals surface area (Å²) in [7, 11) is 0. The molecule has 0 atom stereocenters. The third kappa shape index (κ3) is 3.31. The molecule has 6 heteroatoms. The summed E-state index contributed by atoms with van der Waals surface area (Å²) in [6.45, 7) is 2.31. The number of nitrogens with zero attached hydrogens (tertiary/aromatic N) is 1. The Balaban J connectivity index is 1.90. The molecule has 22 heavy (non-hydrogen) atoms. The van der Waals surface area contributed by atoms with Crippen LogP contribution < -0.4 is 10.9 Å². The number of halogens is 2. The highest BCUT2D eigenvalue weighted by Gasteiger charge is 2.05. The lowest BCUT2D eigenvalue weighted by atomic mass is 10.1. The molecule has 0 amide bonds. The molecule has 2 N–H and O–H groups in total. The summed E-state index contributed by atoms with van der Waals surface area (Å²) in [6, 6.07) is 11.0. The smallest absolute Gasteiger partial charge is 0.253 e. The number of aryl methyl sites for hydroxylation is 1. The van der Waals surface area contributed by atoms with E-state index < -0.39 is 0 Å².